The fourth-order valence-electron chi connectivity index (χ4n) is 5.25. The first-order chi connectivity index (χ1) is 19.9. The number of halogens is 2. The maximum atomic E-state index is 13.7. The molecule has 4 aromatic rings. The Balaban J connectivity index is 1.38. The Morgan fingerprint density at radius 1 is 1.00 bits per heavy atom. The van der Waals surface area contributed by atoms with Crippen molar-refractivity contribution in [3.05, 3.63) is 77.6 Å². The number of aromatic nitrogens is 4. The summed E-state index contributed by atoms with van der Waals surface area (Å²) in [6.07, 6.45) is 6.42. The number of piperazine rings is 1. The lowest BCUT2D eigenvalue weighted by molar-refractivity contribution is 0.0745. The standard InChI is InChI=1S/C31H37F2N7O/c1-3-5-9-22(4-2)19-34-28-27-29(40(21-35-27)20-23-10-7-6-8-11-23)37-31(36-28)39-14-12-38(13-15-39)30(41)24-16-25(32)18-26(33)17-24/h6-8,10-11,16-18,21-22H,3-5,9,12-15,19-20H2,1-2H3,(H,34,36,37). The molecule has 0 aliphatic carbocycles. The van der Waals surface area contributed by atoms with Crippen molar-refractivity contribution in [3.8, 4) is 0 Å². The number of carbonyl (C=O) groups is 1. The molecule has 1 N–H and O–H groups in total. The van der Waals surface area contributed by atoms with Gasteiger partial charge in [-0.05, 0) is 30.0 Å². The van der Waals surface area contributed by atoms with Crippen LogP contribution in [0.15, 0.2) is 54.9 Å². The number of imidazole rings is 1. The van der Waals surface area contributed by atoms with E-state index in [-0.39, 0.29) is 11.5 Å². The molecule has 2 aromatic carbocycles. The van der Waals surface area contributed by atoms with Gasteiger partial charge < -0.3 is 19.7 Å². The molecular formula is C31H37F2N7O. The maximum absolute atomic E-state index is 13.7. The number of amides is 1. The van der Waals surface area contributed by atoms with Gasteiger partial charge in [0, 0.05) is 44.4 Å². The Morgan fingerprint density at radius 3 is 2.41 bits per heavy atom. The zero-order chi connectivity index (χ0) is 28.8. The molecule has 1 amide bonds. The van der Waals surface area contributed by atoms with Crippen LogP contribution in [0, 0.1) is 17.6 Å². The van der Waals surface area contributed by atoms with Crippen LogP contribution in [0.5, 0.6) is 0 Å². The first-order valence-corrected chi connectivity index (χ1v) is 14.5. The number of rotatable bonds is 11. The second-order valence-electron chi connectivity index (χ2n) is 10.6. The van der Waals surface area contributed by atoms with Gasteiger partial charge in [0.1, 0.15) is 11.6 Å². The first-order valence-electron chi connectivity index (χ1n) is 14.5. The molecular weight excluding hydrogens is 524 g/mol. The highest BCUT2D eigenvalue weighted by molar-refractivity contribution is 5.94. The molecule has 1 unspecified atom stereocenters. The summed E-state index contributed by atoms with van der Waals surface area (Å²) in [4.78, 5) is 31.1. The lowest BCUT2D eigenvalue weighted by Crippen LogP contribution is -2.49. The molecule has 2 aromatic heterocycles. The minimum atomic E-state index is -0.763. The average molecular weight is 562 g/mol. The molecule has 0 saturated carbocycles. The third kappa shape index (κ3) is 6.81. The van der Waals surface area contributed by atoms with Crippen LogP contribution in [0.2, 0.25) is 0 Å². The lowest BCUT2D eigenvalue weighted by atomic mass is 9.99. The molecule has 1 aliphatic rings. The van der Waals surface area contributed by atoms with Crippen LogP contribution in [0.25, 0.3) is 11.2 Å². The molecule has 0 bridgehead atoms. The summed E-state index contributed by atoms with van der Waals surface area (Å²) in [6.45, 7) is 7.64. The highest BCUT2D eigenvalue weighted by atomic mass is 19.1. The predicted molar refractivity (Wildman–Crippen MR) is 157 cm³/mol. The van der Waals surface area contributed by atoms with Crippen LogP contribution in [-0.4, -0.2) is 63.0 Å². The van der Waals surface area contributed by atoms with Crippen molar-refractivity contribution < 1.29 is 13.6 Å². The van der Waals surface area contributed by atoms with Crippen LogP contribution >= 0.6 is 0 Å². The number of anilines is 2. The van der Waals surface area contributed by atoms with Gasteiger partial charge in [0.2, 0.25) is 5.95 Å². The maximum Gasteiger partial charge on any atom is 0.254 e. The molecule has 8 nitrogen and oxygen atoms in total. The second kappa shape index (κ2) is 13.1. The van der Waals surface area contributed by atoms with E-state index in [0.29, 0.717) is 50.4 Å². The van der Waals surface area contributed by atoms with E-state index in [1.807, 2.05) is 29.1 Å². The van der Waals surface area contributed by atoms with Crippen LogP contribution in [0.3, 0.4) is 0 Å². The van der Waals surface area contributed by atoms with Gasteiger partial charge in [0.25, 0.3) is 5.91 Å². The SMILES string of the molecule is CCCCC(CC)CNc1nc(N2CCN(C(=O)c3cc(F)cc(F)c3)CC2)nc2c1ncn2Cc1ccccc1. The minimum Gasteiger partial charge on any atom is -0.368 e. The van der Waals surface area contributed by atoms with Crippen molar-refractivity contribution in [3.63, 3.8) is 0 Å². The summed E-state index contributed by atoms with van der Waals surface area (Å²) in [5.41, 5.74) is 2.64. The first kappa shape index (κ1) is 28.4. The van der Waals surface area contributed by atoms with E-state index >= 15 is 0 Å². The van der Waals surface area contributed by atoms with Gasteiger partial charge in [-0.3, -0.25) is 4.79 Å². The quantitative estimate of drug-likeness (QED) is 0.252. The molecule has 10 heteroatoms. The summed E-state index contributed by atoms with van der Waals surface area (Å²) >= 11 is 0. The zero-order valence-electron chi connectivity index (χ0n) is 23.7. The number of carbonyl (C=O) groups excluding carboxylic acids is 1. The highest BCUT2D eigenvalue weighted by Gasteiger charge is 2.26. The van der Waals surface area contributed by atoms with Crippen LogP contribution in [-0.2, 0) is 6.54 Å². The molecule has 1 atom stereocenters. The van der Waals surface area contributed by atoms with Crippen molar-refractivity contribution in [1.29, 1.82) is 0 Å². The molecule has 3 heterocycles. The molecule has 0 radical (unpaired) electrons. The van der Waals surface area contributed by atoms with Crippen molar-refractivity contribution in [2.75, 3.05) is 42.9 Å². The summed E-state index contributed by atoms with van der Waals surface area (Å²) in [5, 5.41) is 3.57. The van der Waals surface area contributed by atoms with Gasteiger partial charge in [0.15, 0.2) is 17.0 Å². The van der Waals surface area contributed by atoms with Gasteiger partial charge in [-0.1, -0.05) is 63.4 Å². The van der Waals surface area contributed by atoms with E-state index in [1.165, 1.54) is 12.8 Å². The van der Waals surface area contributed by atoms with E-state index in [0.717, 1.165) is 54.3 Å². The zero-order valence-corrected chi connectivity index (χ0v) is 23.7. The van der Waals surface area contributed by atoms with Crippen molar-refractivity contribution in [1.82, 2.24) is 24.4 Å². The number of hydrogen-bond acceptors (Lipinski definition) is 6. The van der Waals surface area contributed by atoms with Crippen LogP contribution < -0.4 is 10.2 Å². The Bertz CT molecular complexity index is 1450. The molecule has 216 valence electrons. The van der Waals surface area contributed by atoms with Crippen molar-refractivity contribution in [2.45, 2.75) is 46.1 Å². The number of nitrogens with zero attached hydrogens (tertiary/aromatic N) is 6. The lowest BCUT2D eigenvalue weighted by Gasteiger charge is -2.35. The number of unbranched alkanes of at least 4 members (excludes halogenated alkanes) is 1. The summed E-state index contributed by atoms with van der Waals surface area (Å²) in [6, 6.07) is 13.1. The molecule has 41 heavy (non-hydrogen) atoms. The van der Waals surface area contributed by atoms with Gasteiger partial charge in [0.05, 0.1) is 12.9 Å². The molecule has 1 fully saturated rings. The Labute approximate surface area is 239 Å². The predicted octanol–water partition coefficient (Wildman–Crippen LogP) is 5.74. The van der Waals surface area contributed by atoms with Gasteiger partial charge in [-0.15, -0.1) is 0 Å². The smallest absolute Gasteiger partial charge is 0.254 e. The van der Waals surface area contributed by atoms with Gasteiger partial charge >= 0.3 is 0 Å². The molecule has 0 spiro atoms. The minimum absolute atomic E-state index is 0.0125. The van der Waals surface area contributed by atoms with Gasteiger partial charge in [-0.25, -0.2) is 13.8 Å². The molecule has 1 saturated heterocycles. The van der Waals surface area contributed by atoms with E-state index in [2.05, 4.69) is 36.2 Å². The van der Waals surface area contributed by atoms with Gasteiger partial charge in [-0.2, -0.15) is 9.97 Å². The van der Waals surface area contributed by atoms with E-state index in [4.69, 9.17) is 15.0 Å². The number of hydrogen-bond donors (Lipinski definition) is 1. The summed E-state index contributed by atoms with van der Waals surface area (Å²) in [5.74, 6) is -0.0973. The fraction of sp³-hybridized carbons (Fsp3) is 0.419. The third-order valence-corrected chi connectivity index (χ3v) is 7.71. The Kier molecular flexibility index (Phi) is 9.06. The average Bonchev–Trinajstić information content (AvgIpc) is 3.39. The topological polar surface area (TPSA) is 79.2 Å². The summed E-state index contributed by atoms with van der Waals surface area (Å²) in [7, 11) is 0. The third-order valence-electron chi connectivity index (χ3n) is 7.71. The fourth-order valence-corrected chi connectivity index (χ4v) is 5.25. The van der Waals surface area contributed by atoms with E-state index < -0.39 is 11.6 Å². The highest BCUT2D eigenvalue weighted by Crippen LogP contribution is 2.25. The normalized spacial score (nSPS) is 14.4. The number of fused-ring (bicyclic) bond motifs is 1. The van der Waals surface area contributed by atoms with Crippen molar-refractivity contribution >= 4 is 28.8 Å². The second-order valence-corrected chi connectivity index (χ2v) is 10.6. The molecule has 5 rings (SSSR count). The molecule has 1 aliphatic heterocycles. The summed E-state index contributed by atoms with van der Waals surface area (Å²) < 4.78 is 29.4. The van der Waals surface area contributed by atoms with E-state index in [1.54, 1.807) is 4.90 Å². The van der Waals surface area contributed by atoms with Crippen LogP contribution in [0.4, 0.5) is 20.5 Å². The Morgan fingerprint density at radius 2 is 1.73 bits per heavy atom. The largest absolute Gasteiger partial charge is 0.368 e. The number of nitrogens with one attached hydrogen (secondary N) is 1. The van der Waals surface area contributed by atoms with E-state index in [9.17, 15) is 13.6 Å². The van der Waals surface area contributed by atoms with Crippen molar-refractivity contribution in [2.24, 2.45) is 5.92 Å². The Hall–Kier alpha value is -4.08. The number of benzene rings is 2. The monoisotopic (exact) mass is 561 g/mol. The van der Waals surface area contributed by atoms with Crippen LogP contribution in [0.1, 0.15) is 55.5 Å².